The van der Waals surface area contributed by atoms with Gasteiger partial charge in [0.15, 0.2) is 0 Å². The van der Waals surface area contributed by atoms with E-state index in [-0.39, 0.29) is 29.3 Å². The zero-order valence-corrected chi connectivity index (χ0v) is 14.8. The zero-order chi connectivity index (χ0) is 17.9. The largest absolute Gasteiger partial charge is 0.421 e. The minimum Gasteiger partial charge on any atom is -0.421 e. The number of ether oxygens (including phenoxy) is 2. The van der Waals surface area contributed by atoms with Crippen molar-refractivity contribution in [3.05, 3.63) is 59.1 Å². The molecule has 132 valence electrons. The van der Waals surface area contributed by atoms with Crippen molar-refractivity contribution in [2.24, 2.45) is 0 Å². The van der Waals surface area contributed by atoms with Gasteiger partial charge in [-0.25, -0.2) is 13.2 Å². The van der Waals surface area contributed by atoms with Crippen LogP contribution in [0.4, 0.5) is 0 Å². The Bertz CT molecular complexity index is 878. The lowest BCUT2D eigenvalue weighted by Crippen LogP contribution is -2.40. The number of sulfonamides is 1. The van der Waals surface area contributed by atoms with Gasteiger partial charge in [-0.05, 0) is 30.3 Å². The summed E-state index contributed by atoms with van der Waals surface area (Å²) >= 11 is 5.97. The minimum absolute atomic E-state index is 0.0445. The molecule has 0 saturated carbocycles. The number of rotatable bonds is 4. The summed E-state index contributed by atoms with van der Waals surface area (Å²) in [5.41, 5.74) is 0.134. The minimum atomic E-state index is -3.68. The molecule has 0 spiro atoms. The van der Waals surface area contributed by atoms with Crippen LogP contribution in [0.15, 0.2) is 53.4 Å². The predicted molar refractivity (Wildman–Crippen MR) is 92.4 cm³/mol. The fraction of sp³-hybridized carbons (Fsp3) is 0.235. The van der Waals surface area contributed by atoms with Gasteiger partial charge >= 0.3 is 5.97 Å². The lowest BCUT2D eigenvalue weighted by Gasteiger charge is -2.26. The molecule has 1 aliphatic heterocycles. The predicted octanol–water partition coefficient (Wildman–Crippen LogP) is 2.58. The Balaban J connectivity index is 1.83. The number of para-hydroxylation sites is 1. The van der Waals surface area contributed by atoms with E-state index in [0.717, 1.165) is 0 Å². The van der Waals surface area contributed by atoms with E-state index in [4.69, 9.17) is 21.1 Å². The molecule has 0 radical (unpaired) electrons. The van der Waals surface area contributed by atoms with E-state index >= 15 is 0 Å². The summed E-state index contributed by atoms with van der Waals surface area (Å²) in [6.07, 6.45) is 0. The van der Waals surface area contributed by atoms with E-state index in [1.165, 1.54) is 28.6 Å². The summed E-state index contributed by atoms with van der Waals surface area (Å²) in [6, 6.07) is 12.3. The number of nitrogens with zero attached hydrogens (tertiary/aromatic N) is 1. The summed E-state index contributed by atoms with van der Waals surface area (Å²) in [7, 11) is -3.68. The topological polar surface area (TPSA) is 72.9 Å². The first-order chi connectivity index (χ1) is 12.0. The van der Waals surface area contributed by atoms with Crippen LogP contribution in [-0.4, -0.2) is 45.0 Å². The third kappa shape index (κ3) is 4.01. The highest BCUT2D eigenvalue weighted by molar-refractivity contribution is 7.89. The quantitative estimate of drug-likeness (QED) is 0.601. The fourth-order valence-corrected chi connectivity index (χ4v) is 4.03. The standard InChI is InChI=1S/C17H16ClNO5S/c18-15-6-1-2-7-16(15)24-17(20)13-4-3-5-14(12-13)25(21,22)19-8-10-23-11-9-19/h1-7,12H,8-11H2. The molecule has 1 aliphatic rings. The summed E-state index contributed by atoms with van der Waals surface area (Å²) in [6.45, 7) is 1.29. The van der Waals surface area contributed by atoms with Crippen molar-refractivity contribution in [3.63, 3.8) is 0 Å². The molecule has 1 saturated heterocycles. The van der Waals surface area contributed by atoms with Crippen LogP contribution in [0.5, 0.6) is 5.75 Å². The molecule has 0 unspecified atom stereocenters. The van der Waals surface area contributed by atoms with Crippen LogP contribution >= 0.6 is 11.6 Å². The van der Waals surface area contributed by atoms with Crippen LogP contribution in [0, 0.1) is 0 Å². The van der Waals surface area contributed by atoms with Crippen LogP contribution in [0.3, 0.4) is 0 Å². The number of halogens is 1. The molecule has 2 aromatic rings. The second kappa shape index (κ2) is 7.53. The van der Waals surface area contributed by atoms with Crippen molar-refractivity contribution in [2.75, 3.05) is 26.3 Å². The summed E-state index contributed by atoms with van der Waals surface area (Å²) in [4.78, 5) is 12.4. The molecule has 2 aromatic carbocycles. The Morgan fingerprint density at radius 2 is 1.80 bits per heavy atom. The van der Waals surface area contributed by atoms with Crippen molar-refractivity contribution in [3.8, 4) is 5.75 Å². The van der Waals surface area contributed by atoms with E-state index in [9.17, 15) is 13.2 Å². The van der Waals surface area contributed by atoms with Crippen LogP contribution in [0.1, 0.15) is 10.4 Å². The number of hydrogen-bond donors (Lipinski definition) is 0. The Kier molecular flexibility index (Phi) is 5.39. The van der Waals surface area contributed by atoms with Gasteiger partial charge in [0.2, 0.25) is 10.0 Å². The Morgan fingerprint density at radius 1 is 1.08 bits per heavy atom. The highest BCUT2D eigenvalue weighted by atomic mass is 35.5. The van der Waals surface area contributed by atoms with E-state index in [0.29, 0.717) is 18.2 Å². The van der Waals surface area contributed by atoms with Gasteiger partial charge in [-0.1, -0.05) is 29.8 Å². The summed E-state index contributed by atoms with van der Waals surface area (Å²) < 4.78 is 37.1. The Hall–Kier alpha value is -1.93. The lowest BCUT2D eigenvalue weighted by atomic mass is 10.2. The first kappa shape index (κ1) is 17.9. The molecule has 0 atom stereocenters. The number of esters is 1. The van der Waals surface area contributed by atoms with Gasteiger partial charge in [-0.3, -0.25) is 0 Å². The highest BCUT2D eigenvalue weighted by Gasteiger charge is 2.27. The maximum atomic E-state index is 12.7. The first-order valence-electron chi connectivity index (χ1n) is 7.63. The number of carbonyl (C=O) groups is 1. The molecule has 0 aromatic heterocycles. The van der Waals surface area contributed by atoms with Gasteiger partial charge in [-0.2, -0.15) is 4.31 Å². The van der Waals surface area contributed by atoms with Crippen LogP contribution < -0.4 is 4.74 Å². The molecule has 3 rings (SSSR count). The Morgan fingerprint density at radius 3 is 2.52 bits per heavy atom. The summed E-state index contributed by atoms with van der Waals surface area (Å²) in [5, 5.41) is 0.299. The van der Waals surface area contributed by atoms with Gasteiger partial charge < -0.3 is 9.47 Å². The van der Waals surface area contributed by atoms with E-state index in [1.54, 1.807) is 24.3 Å². The number of benzene rings is 2. The average molecular weight is 382 g/mol. The molecule has 0 aliphatic carbocycles. The molecule has 1 fully saturated rings. The smallest absolute Gasteiger partial charge is 0.343 e. The van der Waals surface area contributed by atoms with E-state index < -0.39 is 16.0 Å². The molecule has 6 nitrogen and oxygen atoms in total. The molecular formula is C17H16ClNO5S. The van der Waals surface area contributed by atoms with Gasteiger partial charge in [0.05, 0.1) is 28.7 Å². The van der Waals surface area contributed by atoms with E-state index in [1.807, 2.05) is 0 Å². The zero-order valence-electron chi connectivity index (χ0n) is 13.2. The van der Waals surface area contributed by atoms with Gasteiger partial charge in [0.1, 0.15) is 5.75 Å². The maximum absolute atomic E-state index is 12.7. The second-order valence-corrected chi connectivity index (χ2v) is 7.71. The third-order valence-corrected chi connectivity index (χ3v) is 5.92. The van der Waals surface area contributed by atoms with Gasteiger partial charge in [0.25, 0.3) is 0 Å². The maximum Gasteiger partial charge on any atom is 0.343 e. The van der Waals surface area contributed by atoms with Crippen molar-refractivity contribution >= 4 is 27.6 Å². The fourth-order valence-electron chi connectivity index (χ4n) is 2.41. The Labute approximate surface area is 151 Å². The second-order valence-electron chi connectivity index (χ2n) is 5.36. The molecule has 0 bridgehead atoms. The van der Waals surface area contributed by atoms with Crippen molar-refractivity contribution in [1.29, 1.82) is 0 Å². The van der Waals surface area contributed by atoms with Crippen LogP contribution in [0.25, 0.3) is 0 Å². The highest BCUT2D eigenvalue weighted by Crippen LogP contribution is 2.25. The molecule has 8 heteroatoms. The monoisotopic (exact) mass is 381 g/mol. The SMILES string of the molecule is O=C(Oc1ccccc1Cl)c1cccc(S(=O)(=O)N2CCOCC2)c1. The van der Waals surface area contributed by atoms with Crippen LogP contribution in [-0.2, 0) is 14.8 Å². The number of hydrogen-bond acceptors (Lipinski definition) is 5. The van der Waals surface area contributed by atoms with Gasteiger partial charge in [-0.15, -0.1) is 0 Å². The molecule has 1 heterocycles. The molecule has 25 heavy (non-hydrogen) atoms. The van der Waals surface area contributed by atoms with Crippen molar-refractivity contribution < 1.29 is 22.7 Å². The molecular weight excluding hydrogens is 366 g/mol. The molecule has 0 N–H and O–H groups in total. The van der Waals surface area contributed by atoms with Crippen molar-refractivity contribution in [1.82, 2.24) is 4.31 Å². The third-order valence-electron chi connectivity index (χ3n) is 3.72. The van der Waals surface area contributed by atoms with Gasteiger partial charge in [0, 0.05) is 13.1 Å². The normalized spacial score (nSPS) is 15.7. The van der Waals surface area contributed by atoms with E-state index in [2.05, 4.69) is 0 Å². The summed E-state index contributed by atoms with van der Waals surface area (Å²) in [5.74, 6) is -0.456. The lowest BCUT2D eigenvalue weighted by molar-refractivity contribution is 0.0727. The molecule has 0 amide bonds. The van der Waals surface area contributed by atoms with Crippen LogP contribution in [0.2, 0.25) is 5.02 Å². The number of carbonyl (C=O) groups excluding carboxylic acids is 1. The average Bonchev–Trinajstić information content (AvgIpc) is 2.64. The number of morpholine rings is 1. The van der Waals surface area contributed by atoms with Crippen molar-refractivity contribution in [2.45, 2.75) is 4.90 Å². The first-order valence-corrected chi connectivity index (χ1v) is 9.45.